The summed E-state index contributed by atoms with van der Waals surface area (Å²) in [6, 6.07) is 4.80. The van der Waals surface area contributed by atoms with Gasteiger partial charge in [0.1, 0.15) is 5.65 Å². The van der Waals surface area contributed by atoms with Gasteiger partial charge in [-0.15, -0.1) is 0 Å². The highest BCUT2D eigenvalue weighted by atomic mass is 14.9. The van der Waals surface area contributed by atoms with Gasteiger partial charge in [0, 0.05) is 30.4 Å². The highest BCUT2D eigenvalue weighted by Crippen LogP contribution is 2.38. The van der Waals surface area contributed by atoms with E-state index in [2.05, 4.69) is 48.3 Å². The fraction of sp³-hybridized carbons (Fsp3) is 0.611. The van der Waals surface area contributed by atoms with Gasteiger partial charge in [0.05, 0.1) is 0 Å². The van der Waals surface area contributed by atoms with Crippen LogP contribution in [0, 0.1) is 11.3 Å². The molecule has 114 valence electrons. The van der Waals surface area contributed by atoms with Gasteiger partial charge >= 0.3 is 0 Å². The fourth-order valence-electron chi connectivity index (χ4n) is 3.81. The zero-order valence-electron chi connectivity index (χ0n) is 13.4. The average Bonchev–Trinajstić information content (AvgIpc) is 2.88. The molecule has 3 heteroatoms. The van der Waals surface area contributed by atoms with Gasteiger partial charge in [0.15, 0.2) is 0 Å². The Hall–Kier alpha value is -1.35. The van der Waals surface area contributed by atoms with E-state index in [9.17, 15) is 0 Å². The van der Waals surface area contributed by atoms with Crippen LogP contribution < -0.4 is 5.32 Å². The average molecular weight is 285 g/mol. The van der Waals surface area contributed by atoms with E-state index in [0.29, 0.717) is 11.5 Å². The molecule has 3 rings (SSSR count). The first kappa shape index (κ1) is 14.6. The Morgan fingerprint density at radius 2 is 2.10 bits per heavy atom. The quantitative estimate of drug-likeness (QED) is 0.884. The molecule has 0 spiro atoms. The lowest BCUT2D eigenvalue weighted by Crippen LogP contribution is -2.43. The molecule has 0 radical (unpaired) electrons. The Morgan fingerprint density at radius 3 is 2.90 bits per heavy atom. The molecule has 0 saturated heterocycles. The predicted molar refractivity (Wildman–Crippen MR) is 88.1 cm³/mol. The van der Waals surface area contributed by atoms with Crippen molar-refractivity contribution in [1.82, 2.24) is 15.3 Å². The second-order valence-corrected chi connectivity index (χ2v) is 7.46. The fourth-order valence-corrected chi connectivity index (χ4v) is 3.81. The standard InChI is InChI=1S/C18H27N3/c1-18(2,3)15-8-4-5-9-16(15)20-11-13-12-21-17-14(13)7-6-10-19-17/h6-7,10,12,15-16,20H,4-5,8-9,11H2,1-3H3,(H,19,21). The van der Waals surface area contributed by atoms with E-state index in [4.69, 9.17) is 0 Å². The number of fused-ring (bicyclic) bond motifs is 1. The van der Waals surface area contributed by atoms with Gasteiger partial charge in [-0.3, -0.25) is 0 Å². The Labute approximate surface area is 127 Å². The summed E-state index contributed by atoms with van der Waals surface area (Å²) in [5.41, 5.74) is 2.71. The Kier molecular flexibility index (Phi) is 4.03. The Balaban J connectivity index is 1.71. The molecule has 0 amide bonds. The van der Waals surface area contributed by atoms with Crippen LogP contribution in [-0.2, 0) is 6.54 Å². The zero-order chi connectivity index (χ0) is 14.9. The summed E-state index contributed by atoms with van der Waals surface area (Å²) >= 11 is 0. The molecule has 3 nitrogen and oxygen atoms in total. The molecule has 1 aliphatic carbocycles. The molecule has 0 aromatic carbocycles. The molecule has 2 aromatic rings. The summed E-state index contributed by atoms with van der Waals surface area (Å²) in [4.78, 5) is 7.63. The van der Waals surface area contributed by atoms with Crippen LogP contribution in [0.2, 0.25) is 0 Å². The Bertz CT molecular complexity index is 594. The van der Waals surface area contributed by atoms with Gasteiger partial charge in [0.25, 0.3) is 0 Å². The summed E-state index contributed by atoms with van der Waals surface area (Å²) < 4.78 is 0. The van der Waals surface area contributed by atoms with Crippen LogP contribution in [0.15, 0.2) is 24.5 Å². The van der Waals surface area contributed by atoms with Crippen molar-refractivity contribution < 1.29 is 0 Å². The number of hydrogen-bond acceptors (Lipinski definition) is 2. The first-order valence-corrected chi connectivity index (χ1v) is 8.20. The molecule has 21 heavy (non-hydrogen) atoms. The predicted octanol–water partition coefficient (Wildman–Crippen LogP) is 4.26. The summed E-state index contributed by atoms with van der Waals surface area (Å²) in [5.74, 6) is 0.773. The lowest BCUT2D eigenvalue weighted by Gasteiger charge is -2.41. The second kappa shape index (κ2) is 5.80. The lowest BCUT2D eigenvalue weighted by molar-refractivity contribution is 0.130. The van der Waals surface area contributed by atoms with E-state index in [1.807, 2.05) is 12.3 Å². The Morgan fingerprint density at radius 1 is 1.29 bits per heavy atom. The van der Waals surface area contributed by atoms with Crippen LogP contribution in [0.5, 0.6) is 0 Å². The van der Waals surface area contributed by atoms with Crippen LogP contribution in [-0.4, -0.2) is 16.0 Å². The molecule has 0 aliphatic heterocycles. The molecule has 2 aromatic heterocycles. The lowest BCUT2D eigenvalue weighted by atomic mass is 9.69. The normalized spacial score (nSPS) is 23.6. The number of hydrogen-bond donors (Lipinski definition) is 2. The number of aromatic nitrogens is 2. The summed E-state index contributed by atoms with van der Waals surface area (Å²) in [5, 5.41) is 5.07. The maximum atomic E-state index is 4.37. The molecule has 2 atom stereocenters. The van der Waals surface area contributed by atoms with E-state index in [0.717, 1.165) is 18.1 Å². The van der Waals surface area contributed by atoms with E-state index in [-0.39, 0.29) is 0 Å². The van der Waals surface area contributed by atoms with Crippen molar-refractivity contribution in [1.29, 1.82) is 0 Å². The summed E-state index contributed by atoms with van der Waals surface area (Å²) in [6.07, 6.45) is 9.35. The molecule has 0 bridgehead atoms. The van der Waals surface area contributed by atoms with Gasteiger partial charge in [-0.25, -0.2) is 4.98 Å². The number of rotatable bonds is 3. The van der Waals surface area contributed by atoms with Crippen molar-refractivity contribution in [2.45, 2.75) is 59.0 Å². The molecule has 1 aliphatic rings. The summed E-state index contributed by atoms with van der Waals surface area (Å²) in [7, 11) is 0. The largest absolute Gasteiger partial charge is 0.346 e. The summed E-state index contributed by atoms with van der Waals surface area (Å²) in [6.45, 7) is 8.08. The maximum absolute atomic E-state index is 4.37. The topological polar surface area (TPSA) is 40.7 Å². The van der Waals surface area contributed by atoms with Gasteiger partial charge in [-0.1, -0.05) is 33.6 Å². The molecule has 1 saturated carbocycles. The minimum absolute atomic E-state index is 0.389. The van der Waals surface area contributed by atoms with Crippen molar-refractivity contribution in [3.8, 4) is 0 Å². The SMILES string of the molecule is CC(C)(C)C1CCCCC1NCc1c[nH]c2ncccc12. The molecular weight excluding hydrogens is 258 g/mol. The molecule has 2 N–H and O–H groups in total. The van der Waals surface area contributed by atoms with Crippen molar-refractivity contribution in [2.75, 3.05) is 0 Å². The highest BCUT2D eigenvalue weighted by Gasteiger charge is 2.33. The van der Waals surface area contributed by atoms with E-state index < -0.39 is 0 Å². The van der Waals surface area contributed by atoms with Crippen molar-refractivity contribution in [2.24, 2.45) is 11.3 Å². The minimum atomic E-state index is 0.389. The van der Waals surface area contributed by atoms with Crippen molar-refractivity contribution >= 4 is 11.0 Å². The maximum Gasteiger partial charge on any atom is 0.137 e. The third kappa shape index (κ3) is 3.13. The zero-order valence-corrected chi connectivity index (χ0v) is 13.4. The van der Waals surface area contributed by atoms with Gasteiger partial charge in [-0.05, 0) is 41.9 Å². The molecule has 2 heterocycles. The first-order valence-electron chi connectivity index (χ1n) is 8.20. The van der Waals surface area contributed by atoms with Crippen molar-refractivity contribution in [3.63, 3.8) is 0 Å². The monoisotopic (exact) mass is 285 g/mol. The molecular formula is C18H27N3. The third-order valence-electron chi connectivity index (χ3n) is 4.97. The van der Waals surface area contributed by atoms with E-state index >= 15 is 0 Å². The minimum Gasteiger partial charge on any atom is -0.346 e. The van der Waals surface area contributed by atoms with Crippen molar-refractivity contribution in [3.05, 3.63) is 30.1 Å². The number of H-pyrrole nitrogens is 1. The third-order valence-corrected chi connectivity index (χ3v) is 4.97. The number of nitrogens with zero attached hydrogens (tertiary/aromatic N) is 1. The van der Waals surface area contributed by atoms with Crippen LogP contribution in [0.3, 0.4) is 0 Å². The van der Waals surface area contributed by atoms with Crippen LogP contribution in [0.4, 0.5) is 0 Å². The number of aromatic amines is 1. The number of pyridine rings is 1. The van der Waals surface area contributed by atoms with E-state index in [1.54, 1.807) is 0 Å². The van der Waals surface area contributed by atoms with Crippen LogP contribution >= 0.6 is 0 Å². The van der Waals surface area contributed by atoms with Gasteiger partial charge in [0.2, 0.25) is 0 Å². The van der Waals surface area contributed by atoms with E-state index in [1.165, 1.54) is 36.6 Å². The highest BCUT2D eigenvalue weighted by molar-refractivity contribution is 5.79. The second-order valence-electron chi connectivity index (χ2n) is 7.46. The number of nitrogens with one attached hydrogen (secondary N) is 2. The van der Waals surface area contributed by atoms with Crippen LogP contribution in [0.1, 0.15) is 52.0 Å². The first-order chi connectivity index (χ1) is 10.1. The van der Waals surface area contributed by atoms with Gasteiger partial charge in [-0.2, -0.15) is 0 Å². The van der Waals surface area contributed by atoms with Gasteiger partial charge < -0.3 is 10.3 Å². The molecule has 1 fully saturated rings. The smallest absolute Gasteiger partial charge is 0.137 e. The molecule has 2 unspecified atom stereocenters. The van der Waals surface area contributed by atoms with Crippen LogP contribution in [0.25, 0.3) is 11.0 Å².